The second kappa shape index (κ2) is 4.36. The van der Waals surface area contributed by atoms with Gasteiger partial charge >= 0.3 is 5.97 Å². The average Bonchev–Trinajstić information content (AvgIpc) is 2.58. The van der Waals surface area contributed by atoms with Crippen LogP contribution in [0, 0.1) is 22.7 Å². The molecule has 1 fully saturated rings. The van der Waals surface area contributed by atoms with Gasteiger partial charge in [-0.15, -0.1) is 0 Å². The maximum atomic E-state index is 11.2. The first-order chi connectivity index (χ1) is 7.25. The van der Waals surface area contributed by atoms with E-state index in [1.54, 1.807) is 0 Å². The molecule has 0 spiro atoms. The molecule has 1 atom stereocenters. The Balaban J connectivity index is 2.26. The van der Waals surface area contributed by atoms with E-state index in [0.29, 0.717) is 23.3 Å². The van der Waals surface area contributed by atoms with Crippen LogP contribution in [0.1, 0.15) is 34.6 Å². The molecule has 0 aromatic heterocycles. The molecule has 0 heterocycles. The lowest BCUT2D eigenvalue weighted by Gasteiger charge is -2.11. The summed E-state index contributed by atoms with van der Waals surface area (Å²) in [4.78, 5) is 11.2. The number of methoxy groups -OCH3 is 1. The lowest BCUT2D eigenvalue weighted by atomic mass is 10.0. The molecule has 0 radical (unpaired) electrons. The summed E-state index contributed by atoms with van der Waals surface area (Å²) in [5.41, 5.74) is 0.822. The standard InChI is InChI=1S/C13H25NO2/c1-9(11(15)16-6)7-14-8-10-12(2,3)13(10,4)5/h9-10,14H,7-8H2,1-6H3. The monoisotopic (exact) mass is 227 g/mol. The Hall–Kier alpha value is -0.570. The molecule has 0 aromatic carbocycles. The highest BCUT2D eigenvalue weighted by atomic mass is 16.5. The summed E-state index contributed by atoms with van der Waals surface area (Å²) in [6.07, 6.45) is 0. The molecule has 0 saturated heterocycles. The fourth-order valence-corrected chi connectivity index (χ4v) is 2.57. The van der Waals surface area contributed by atoms with Gasteiger partial charge < -0.3 is 10.1 Å². The third-order valence-corrected chi connectivity index (χ3v) is 4.72. The number of nitrogens with one attached hydrogen (secondary N) is 1. The van der Waals surface area contributed by atoms with E-state index in [4.69, 9.17) is 0 Å². The van der Waals surface area contributed by atoms with Crippen LogP contribution in [0.2, 0.25) is 0 Å². The maximum absolute atomic E-state index is 11.2. The highest BCUT2D eigenvalue weighted by Gasteiger charge is 2.63. The number of ether oxygens (including phenoxy) is 1. The molecule has 1 unspecified atom stereocenters. The summed E-state index contributed by atoms with van der Waals surface area (Å²) in [5, 5.41) is 3.37. The molecular weight excluding hydrogens is 202 g/mol. The van der Waals surface area contributed by atoms with Gasteiger partial charge in [-0.1, -0.05) is 34.6 Å². The second-order valence-corrected chi connectivity index (χ2v) is 6.08. The maximum Gasteiger partial charge on any atom is 0.309 e. The normalized spacial score (nSPS) is 23.9. The number of carbonyl (C=O) groups excluding carboxylic acids is 1. The Bertz CT molecular complexity index is 257. The van der Waals surface area contributed by atoms with Crippen molar-refractivity contribution in [3.05, 3.63) is 0 Å². The predicted molar refractivity (Wildman–Crippen MR) is 65.1 cm³/mol. The van der Waals surface area contributed by atoms with Crippen LogP contribution in [0.3, 0.4) is 0 Å². The van der Waals surface area contributed by atoms with Crippen molar-refractivity contribution in [2.75, 3.05) is 20.2 Å². The first-order valence-electron chi connectivity index (χ1n) is 6.03. The zero-order valence-corrected chi connectivity index (χ0v) is 11.4. The van der Waals surface area contributed by atoms with Crippen LogP contribution >= 0.6 is 0 Å². The van der Waals surface area contributed by atoms with Crippen molar-refractivity contribution in [3.8, 4) is 0 Å². The van der Waals surface area contributed by atoms with Gasteiger partial charge in [0.2, 0.25) is 0 Å². The third kappa shape index (κ3) is 2.24. The van der Waals surface area contributed by atoms with E-state index in [9.17, 15) is 4.79 Å². The minimum atomic E-state index is -0.137. The van der Waals surface area contributed by atoms with E-state index >= 15 is 0 Å². The van der Waals surface area contributed by atoms with Crippen molar-refractivity contribution in [2.45, 2.75) is 34.6 Å². The number of hydrogen-bond donors (Lipinski definition) is 1. The van der Waals surface area contributed by atoms with Gasteiger partial charge in [0.05, 0.1) is 13.0 Å². The van der Waals surface area contributed by atoms with E-state index in [1.807, 2.05) is 6.92 Å². The van der Waals surface area contributed by atoms with Crippen molar-refractivity contribution in [1.29, 1.82) is 0 Å². The van der Waals surface area contributed by atoms with Gasteiger partial charge in [-0.2, -0.15) is 0 Å². The van der Waals surface area contributed by atoms with Crippen LogP contribution in [0.4, 0.5) is 0 Å². The van der Waals surface area contributed by atoms with Gasteiger partial charge in [-0.3, -0.25) is 4.79 Å². The molecular formula is C13H25NO2. The minimum absolute atomic E-state index is 0.0602. The average molecular weight is 227 g/mol. The molecule has 1 aliphatic rings. The SMILES string of the molecule is COC(=O)C(C)CNCC1C(C)(C)C1(C)C. The number of esters is 1. The molecule has 1 saturated carbocycles. The van der Waals surface area contributed by atoms with Crippen LogP contribution in [0.25, 0.3) is 0 Å². The van der Waals surface area contributed by atoms with Crippen molar-refractivity contribution in [1.82, 2.24) is 5.32 Å². The first kappa shape index (κ1) is 13.5. The van der Waals surface area contributed by atoms with E-state index in [2.05, 4.69) is 37.7 Å². The van der Waals surface area contributed by atoms with Gasteiger partial charge in [-0.25, -0.2) is 0 Å². The van der Waals surface area contributed by atoms with Crippen LogP contribution in [-0.2, 0) is 9.53 Å². The largest absolute Gasteiger partial charge is 0.469 e. The fourth-order valence-electron chi connectivity index (χ4n) is 2.57. The Morgan fingerprint density at radius 3 is 2.19 bits per heavy atom. The van der Waals surface area contributed by atoms with Gasteiger partial charge in [0.15, 0.2) is 0 Å². The smallest absolute Gasteiger partial charge is 0.309 e. The molecule has 0 aliphatic heterocycles. The Kier molecular flexibility index (Phi) is 3.68. The Morgan fingerprint density at radius 2 is 1.81 bits per heavy atom. The summed E-state index contributed by atoms with van der Waals surface area (Å²) >= 11 is 0. The van der Waals surface area contributed by atoms with E-state index in [-0.39, 0.29) is 11.9 Å². The Labute approximate surface area is 98.9 Å². The van der Waals surface area contributed by atoms with E-state index in [0.717, 1.165) is 6.54 Å². The Morgan fingerprint density at radius 1 is 1.31 bits per heavy atom. The molecule has 0 aromatic rings. The number of carbonyl (C=O) groups is 1. The predicted octanol–water partition coefficient (Wildman–Crippen LogP) is 2.07. The van der Waals surface area contributed by atoms with Crippen molar-refractivity contribution >= 4 is 5.97 Å². The molecule has 1 rings (SSSR count). The van der Waals surface area contributed by atoms with Crippen molar-refractivity contribution in [3.63, 3.8) is 0 Å². The first-order valence-corrected chi connectivity index (χ1v) is 6.03. The van der Waals surface area contributed by atoms with Crippen molar-refractivity contribution in [2.24, 2.45) is 22.7 Å². The zero-order valence-electron chi connectivity index (χ0n) is 11.4. The topological polar surface area (TPSA) is 38.3 Å². The van der Waals surface area contributed by atoms with Crippen LogP contribution in [0.5, 0.6) is 0 Å². The minimum Gasteiger partial charge on any atom is -0.469 e. The molecule has 1 N–H and O–H groups in total. The quantitative estimate of drug-likeness (QED) is 0.731. The zero-order chi connectivity index (χ0) is 12.6. The lowest BCUT2D eigenvalue weighted by Crippen LogP contribution is -2.29. The summed E-state index contributed by atoms with van der Waals surface area (Å²) in [6.45, 7) is 12.8. The molecule has 0 bridgehead atoms. The third-order valence-electron chi connectivity index (χ3n) is 4.72. The molecule has 94 valence electrons. The molecule has 16 heavy (non-hydrogen) atoms. The molecule has 3 heteroatoms. The van der Waals surface area contributed by atoms with E-state index < -0.39 is 0 Å². The summed E-state index contributed by atoms with van der Waals surface area (Å²) in [6, 6.07) is 0. The summed E-state index contributed by atoms with van der Waals surface area (Å²) in [7, 11) is 1.44. The number of rotatable bonds is 5. The molecule has 1 aliphatic carbocycles. The molecule has 0 amide bonds. The van der Waals surface area contributed by atoms with Gasteiger partial charge in [0.1, 0.15) is 0 Å². The van der Waals surface area contributed by atoms with Gasteiger partial charge in [0.25, 0.3) is 0 Å². The number of hydrogen-bond acceptors (Lipinski definition) is 3. The lowest BCUT2D eigenvalue weighted by molar-refractivity contribution is -0.144. The van der Waals surface area contributed by atoms with E-state index in [1.165, 1.54) is 7.11 Å². The second-order valence-electron chi connectivity index (χ2n) is 6.08. The fraction of sp³-hybridized carbons (Fsp3) is 0.923. The van der Waals surface area contributed by atoms with Crippen LogP contribution < -0.4 is 5.32 Å². The highest BCUT2D eigenvalue weighted by molar-refractivity contribution is 5.72. The summed E-state index contributed by atoms with van der Waals surface area (Å²) in [5.74, 6) is 0.502. The van der Waals surface area contributed by atoms with Crippen LogP contribution in [-0.4, -0.2) is 26.2 Å². The van der Waals surface area contributed by atoms with Crippen LogP contribution in [0.15, 0.2) is 0 Å². The molecule has 3 nitrogen and oxygen atoms in total. The van der Waals surface area contributed by atoms with Crippen molar-refractivity contribution < 1.29 is 9.53 Å². The van der Waals surface area contributed by atoms with Gasteiger partial charge in [0, 0.05) is 6.54 Å². The van der Waals surface area contributed by atoms with Gasteiger partial charge in [-0.05, 0) is 23.3 Å². The highest BCUT2D eigenvalue weighted by Crippen LogP contribution is 2.67. The summed E-state index contributed by atoms with van der Waals surface area (Å²) < 4.78 is 4.69.